The highest BCUT2D eigenvalue weighted by Gasteiger charge is 2.22. The van der Waals surface area contributed by atoms with E-state index in [-0.39, 0.29) is 6.04 Å². The van der Waals surface area contributed by atoms with Gasteiger partial charge < -0.3 is 20.7 Å². The maximum absolute atomic E-state index is 11.9. The molecule has 0 spiro atoms. The lowest BCUT2D eigenvalue weighted by Crippen LogP contribution is -2.42. The maximum atomic E-state index is 11.9. The predicted octanol–water partition coefficient (Wildman–Crippen LogP) is 1.60. The maximum Gasteiger partial charge on any atom is 0.330 e. The highest BCUT2D eigenvalue weighted by Crippen LogP contribution is 2.13. The van der Waals surface area contributed by atoms with Gasteiger partial charge in [0.1, 0.15) is 5.82 Å². The SMILES string of the molecule is CC(NC(=O)N[C@H](C(=O)O)c1ccccc1)c1ncc[nH]1. The smallest absolute Gasteiger partial charge is 0.330 e. The number of carbonyl (C=O) groups is 2. The minimum atomic E-state index is -1.12. The van der Waals surface area contributed by atoms with Crippen LogP contribution in [-0.2, 0) is 4.79 Å². The first-order valence-electron chi connectivity index (χ1n) is 6.42. The molecule has 1 aromatic heterocycles. The van der Waals surface area contributed by atoms with Crippen LogP contribution in [0.15, 0.2) is 42.7 Å². The van der Waals surface area contributed by atoms with E-state index in [2.05, 4.69) is 20.6 Å². The van der Waals surface area contributed by atoms with Crippen molar-refractivity contribution in [2.75, 3.05) is 0 Å². The first-order valence-corrected chi connectivity index (χ1v) is 6.42. The Kier molecular flexibility index (Phi) is 4.55. The molecule has 1 heterocycles. The Morgan fingerprint density at radius 3 is 2.52 bits per heavy atom. The van der Waals surface area contributed by atoms with Gasteiger partial charge in [-0.2, -0.15) is 0 Å². The zero-order valence-electron chi connectivity index (χ0n) is 11.4. The zero-order valence-corrected chi connectivity index (χ0v) is 11.4. The van der Waals surface area contributed by atoms with Crippen LogP contribution in [0.3, 0.4) is 0 Å². The third-order valence-corrected chi connectivity index (χ3v) is 2.93. The molecule has 0 saturated carbocycles. The van der Waals surface area contributed by atoms with Crippen LogP contribution in [0.25, 0.3) is 0 Å². The number of nitrogens with one attached hydrogen (secondary N) is 3. The Bertz CT molecular complexity index is 598. The molecule has 0 saturated heterocycles. The van der Waals surface area contributed by atoms with Gasteiger partial charge in [0.15, 0.2) is 6.04 Å². The van der Waals surface area contributed by atoms with Crippen molar-refractivity contribution in [1.82, 2.24) is 20.6 Å². The highest BCUT2D eigenvalue weighted by molar-refractivity contribution is 5.83. The molecule has 1 unspecified atom stereocenters. The Morgan fingerprint density at radius 2 is 1.95 bits per heavy atom. The summed E-state index contributed by atoms with van der Waals surface area (Å²) in [6.07, 6.45) is 3.23. The number of urea groups is 1. The topological polar surface area (TPSA) is 107 Å². The number of carbonyl (C=O) groups excluding carboxylic acids is 1. The largest absolute Gasteiger partial charge is 0.479 e. The Labute approximate surface area is 121 Å². The fourth-order valence-corrected chi connectivity index (χ4v) is 1.89. The van der Waals surface area contributed by atoms with Gasteiger partial charge >= 0.3 is 12.0 Å². The second kappa shape index (κ2) is 6.56. The van der Waals surface area contributed by atoms with E-state index < -0.39 is 18.0 Å². The quantitative estimate of drug-likeness (QED) is 0.670. The first-order chi connectivity index (χ1) is 10.1. The molecule has 0 bridgehead atoms. The molecule has 21 heavy (non-hydrogen) atoms. The van der Waals surface area contributed by atoms with E-state index in [1.54, 1.807) is 49.6 Å². The van der Waals surface area contributed by atoms with Gasteiger partial charge in [-0.3, -0.25) is 0 Å². The van der Waals surface area contributed by atoms with Gasteiger partial charge in [-0.1, -0.05) is 30.3 Å². The van der Waals surface area contributed by atoms with E-state index in [0.29, 0.717) is 11.4 Å². The van der Waals surface area contributed by atoms with Gasteiger partial charge in [-0.15, -0.1) is 0 Å². The molecule has 1 aromatic carbocycles. The number of carboxylic acid groups (broad SMARTS) is 1. The number of aliphatic carboxylic acids is 1. The van der Waals surface area contributed by atoms with Crippen molar-refractivity contribution in [2.24, 2.45) is 0 Å². The number of amides is 2. The number of aromatic amines is 1. The molecule has 0 aliphatic rings. The van der Waals surface area contributed by atoms with Crippen LogP contribution in [-0.4, -0.2) is 27.1 Å². The molecular weight excluding hydrogens is 272 g/mol. The lowest BCUT2D eigenvalue weighted by molar-refractivity contribution is -0.139. The van der Waals surface area contributed by atoms with Crippen molar-refractivity contribution in [3.63, 3.8) is 0 Å². The number of hydrogen-bond donors (Lipinski definition) is 4. The number of carboxylic acids is 1. The molecule has 110 valence electrons. The molecular formula is C14H16N4O3. The summed E-state index contributed by atoms with van der Waals surface area (Å²) in [5, 5.41) is 14.3. The lowest BCUT2D eigenvalue weighted by atomic mass is 10.1. The van der Waals surface area contributed by atoms with Crippen molar-refractivity contribution in [3.8, 4) is 0 Å². The summed E-state index contributed by atoms with van der Waals surface area (Å²) in [6, 6.07) is 6.48. The Morgan fingerprint density at radius 1 is 1.24 bits per heavy atom. The second-order valence-corrected chi connectivity index (χ2v) is 4.50. The van der Waals surface area contributed by atoms with E-state index in [0.717, 1.165) is 0 Å². The van der Waals surface area contributed by atoms with Crippen LogP contribution in [0.5, 0.6) is 0 Å². The third-order valence-electron chi connectivity index (χ3n) is 2.93. The molecule has 0 radical (unpaired) electrons. The number of imidazole rings is 1. The molecule has 2 amide bonds. The summed E-state index contributed by atoms with van der Waals surface area (Å²) < 4.78 is 0. The van der Waals surface area contributed by atoms with Gasteiger partial charge in [-0.05, 0) is 12.5 Å². The summed E-state index contributed by atoms with van der Waals surface area (Å²) in [5.74, 6) is -0.529. The van der Waals surface area contributed by atoms with Crippen LogP contribution < -0.4 is 10.6 Å². The summed E-state index contributed by atoms with van der Waals surface area (Å²) in [4.78, 5) is 30.1. The van der Waals surface area contributed by atoms with Crippen LogP contribution in [0.2, 0.25) is 0 Å². The fourth-order valence-electron chi connectivity index (χ4n) is 1.89. The van der Waals surface area contributed by atoms with Crippen molar-refractivity contribution in [1.29, 1.82) is 0 Å². The molecule has 0 aliphatic heterocycles. The average molecular weight is 288 g/mol. The summed E-state index contributed by atoms with van der Waals surface area (Å²) >= 11 is 0. The van der Waals surface area contributed by atoms with Crippen molar-refractivity contribution >= 4 is 12.0 Å². The molecule has 2 atom stereocenters. The minimum absolute atomic E-state index is 0.356. The average Bonchev–Trinajstić information content (AvgIpc) is 2.99. The van der Waals surface area contributed by atoms with Gasteiger partial charge in [0.25, 0.3) is 0 Å². The van der Waals surface area contributed by atoms with E-state index in [4.69, 9.17) is 0 Å². The number of rotatable bonds is 5. The molecule has 0 fully saturated rings. The van der Waals surface area contributed by atoms with Gasteiger partial charge in [-0.25, -0.2) is 14.6 Å². The molecule has 7 nitrogen and oxygen atoms in total. The fraction of sp³-hybridized carbons (Fsp3) is 0.214. The molecule has 4 N–H and O–H groups in total. The molecule has 0 aliphatic carbocycles. The van der Waals surface area contributed by atoms with E-state index in [9.17, 15) is 14.7 Å². The number of aromatic nitrogens is 2. The molecule has 7 heteroatoms. The van der Waals surface area contributed by atoms with Crippen molar-refractivity contribution < 1.29 is 14.7 Å². The summed E-state index contributed by atoms with van der Waals surface area (Å²) in [7, 11) is 0. The number of benzene rings is 1. The second-order valence-electron chi connectivity index (χ2n) is 4.50. The standard InChI is InChI=1S/C14H16N4O3/c1-9(12-15-7-8-16-12)17-14(21)18-11(13(19)20)10-5-3-2-4-6-10/h2-9,11H,1H3,(H,15,16)(H,19,20)(H2,17,18,21)/t9?,11-/m0/s1. The van der Waals surface area contributed by atoms with Gasteiger partial charge in [0.2, 0.25) is 0 Å². The van der Waals surface area contributed by atoms with Gasteiger partial charge in [0, 0.05) is 12.4 Å². The molecule has 2 rings (SSSR count). The van der Waals surface area contributed by atoms with Crippen molar-refractivity contribution in [2.45, 2.75) is 19.0 Å². The number of H-pyrrole nitrogens is 1. The number of nitrogens with zero attached hydrogens (tertiary/aromatic N) is 1. The van der Waals surface area contributed by atoms with Crippen LogP contribution in [0.4, 0.5) is 4.79 Å². The minimum Gasteiger partial charge on any atom is -0.479 e. The number of hydrogen-bond acceptors (Lipinski definition) is 3. The Balaban J connectivity index is 2.01. The normalized spacial score (nSPS) is 13.2. The van der Waals surface area contributed by atoms with Crippen LogP contribution in [0.1, 0.15) is 30.4 Å². The Hall–Kier alpha value is -2.83. The first kappa shape index (κ1) is 14.6. The molecule has 2 aromatic rings. The third kappa shape index (κ3) is 3.82. The van der Waals surface area contributed by atoms with Gasteiger partial charge in [0.05, 0.1) is 6.04 Å². The van der Waals surface area contributed by atoms with E-state index in [1.807, 2.05) is 0 Å². The predicted molar refractivity (Wildman–Crippen MR) is 75.5 cm³/mol. The zero-order chi connectivity index (χ0) is 15.2. The lowest BCUT2D eigenvalue weighted by Gasteiger charge is -2.17. The van der Waals surface area contributed by atoms with Crippen LogP contribution >= 0.6 is 0 Å². The summed E-state index contributed by atoms with van der Waals surface area (Å²) in [5.41, 5.74) is 0.505. The highest BCUT2D eigenvalue weighted by atomic mass is 16.4. The monoisotopic (exact) mass is 288 g/mol. The van der Waals surface area contributed by atoms with Crippen molar-refractivity contribution in [3.05, 3.63) is 54.1 Å². The summed E-state index contributed by atoms with van der Waals surface area (Å²) in [6.45, 7) is 1.75. The van der Waals surface area contributed by atoms with E-state index in [1.165, 1.54) is 0 Å². The van der Waals surface area contributed by atoms with E-state index >= 15 is 0 Å². The van der Waals surface area contributed by atoms with Crippen LogP contribution in [0, 0.1) is 0 Å².